The number of amides is 1. The molecule has 0 fully saturated rings. The largest absolute Gasteiger partial charge is 0.305 e. The molecule has 0 saturated heterocycles. The van der Waals surface area contributed by atoms with Crippen LogP contribution in [0.4, 0.5) is 14.6 Å². The Labute approximate surface area is 135 Å². The van der Waals surface area contributed by atoms with Gasteiger partial charge in [0.1, 0.15) is 5.82 Å². The zero-order valence-electron chi connectivity index (χ0n) is 12.9. The molecular weight excluding hydrogens is 322 g/mol. The minimum atomic E-state index is -1.65. The number of halogens is 2. The molecule has 1 amide bonds. The Bertz CT molecular complexity index is 834. The number of carbonyl (C=O) groups is 1. The molecule has 0 aliphatic carbocycles. The van der Waals surface area contributed by atoms with Gasteiger partial charge in [-0.25, -0.2) is 13.5 Å². The molecule has 1 aromatic heterocycles. The summed E-state index contributed by atoms with van der Waals surface area (Å²) < 4.78 is 28.3. The molecule has 0 saturated carbocycles. The Morgan fingerprint density at radius 2 is 2.04 bits per heavy atom. The van der Waals surface area contributed by atoms with E-state index in [2.05, 4.69) is 10.4 Å². The third-order valence-electron chi connectivity index (χ3n) is 4.00. The minimum Gasteiger partial charge on any atom is -0.305 e. The molecule has 7 nitrogen and oxygen atoms in total. The highest BCUT2D eigenvalue weighted by atomic mass is 19.2. The van der Waals surface area contributed by atoms with E-state index in [0.717, 1.165) is 12.1 Å². The van der Waals surface area contributed by atoms with E-state index in [9.17, 15) is 23.7 Å². The molecule has 3 rings (SSSR count). The standard InChI is InChI=1S/C15H14F2N4O3/c1-7(2)20-14-9(6-18-20)12(13(21(23)24)15(22)19-14)8-3-4-10(16)11(17)5-8/h3-7,12-13H,1-2H3,(H,19,22). The SMILES string of the molecule is CC(C)n1ncc2c1NC(=O)C([N+](=O)[O-])C2c1ccc(F)c(F)c1. The molecule has 1 aliphatic rings. The summed E-state index contributed by atoms with van der Waals surface area (Å²) in [5, 5.41) is 18.1. The summed E-state index contributed by atoms with van der Waals surface area (Å²) in [7, 11) is 0. The van der Waals surface area contributed by atoms with Crippen LogP contribution in [0, 0.1) is 21.7 Å². The van der Waals surface area contributed by atoms with Gasteiger partial charge in [-0.15, -0.1) is 0 Å². The van der Waals surface area contributed by atoms with Gasteiger partial charge >= 0.3 is 11.9 Å². The van der Waals surface area contributed by atoms with Crippen molar-refractivity contribution in [3.05, 3.63) is 57.3 Å². The molecule has 0 bridgehead atoms. The lowest BCUT2D eigenvalue weighted by Crippen LogP contribution is -2.44. The molecule has 2 unspecified atom stereocenters. The van der Waals surface area contributed by atoms with Gasteiger partial charge in [0.2, 0.25) is 0 Å². The van der Waals surface area contributed by atoms with Gasteiger partial charge < -0.3 is 5.32 Å². The van der Waals surface area contributed by atoms with E-state index in [-0.39, 0.29) is 11.6 Å². The van der Waals surface area contributed by atoms with Crippen molar-refractivity contribution in [2.24, 2.45) is 0 Å². The summed E-state index contributed by atoms with van der Waals surface area (Å²) in [5.41, 5.74) is 0.547. The predicted octanol–water partition coefficient (Wildman–Crippen LogP) is 2.47. The van der Waals surface area contributed by atoms with Gasteiger partial charge in [-0.2, -0.15) is 5.10 Å². The number of hydrogen-bond donors (Lipinski definition) is 1. The first-order chi connectivity index (χ1) is 11.3. The summed E-state index contributed by atoms with van der Waals surface area (Å²) in [5.74, 6) is -3.72. The fourth-order valence-corrected chi connectivity index (χ4v) is 2.92. The molecule has 2 atom stereocenters. The Balaban J connectivity index is 2.21. The van der Waals surface area contributed by atoms with Gasteiger partial charge in [-0.3, -0.25) is 14.9 Å². The number of nitro groups is 1. The number of rotatable bonds is 3. The minimum absolute atomic E-state index is 0.0909. The number of benzene rings is 1. The molecule has 2 heterocycles. The first-order valence-electron chi connectivity index (χ1n) is 7.28. The lowest BCUT2D eigenvalue weighted by molar-refractivity contribution is -0.509. The number of nitrogens with one attached hydrogen (secondary N) is 1. The number of nitrogens with zero attached hydrogens (tertiary/aromatic N) is 3. The van der Waals surface area contributed by atoms with Crippen molar-refractivity contribution in [1.82, 2.24) is 9.78 Å². The quantitative estimate of drug-likeness (QED) is 0.689. The van der Waals surface area contributed by atoms with Crippen LogP contribution >= 0.6 is 0 Å². The molecule has 24 heavy (non-hydrogen) atoms. The zero-order valence-corrected chi connectivity index (χ0v) is 12.9. The van der Waals surface area contributed by atoms with Crippen LogP contribution in [0.2, 0.25) is 0 Å². The third-order valence-corrected chi connectivity index (χ3v) is 4.00. The second-order valence-electron chi connectivity index (χ2n) is 5.86. The Kier molecular flexibility index (Phi) is 3.78. The first-order valence-corrected chi connectivity index (χ1v) is 7.28. The smallest absolute Gasteiger partial charge is 0.301 e. The monoisotopic (exact) mass is 336 g/mol. The van der Waals surface area contributed by atoms with Gasteiger partial charge in [0, 0.05) is 16.5 Å². The van der Waals surface area contributed by atoms with E-state index in [0.29, 0.717) is 11.4 Å². The summed E-state index contributed by atoms with van der Waals surface area (Å²) >= 11 is 0. The molecule has 0 radical (unpaired) electrons. The van der Waals surface area contributed by atoms with E-state index < -0.39 is 34.4 Å². The van der Waals surface area contributed by atoms with E-state index in [1.54, 1.807) is 0 Å². The van der Waals surface area contributed by atoms with Crippen LogP contribution in [0.15, 0.2) is 24.4 Å². The van der Waals surface area contributed by atoms with E-state index in [1.165, 1.54) is 16.9 Å². The van der Waals surface area contributed by atoms with Crippen LogP contribution in [0.25, 0.3) is 0 Å². The van der Waals surface area contributed by atoms with Crippen LogP contribution in [-0.2, 0) is 4.79 Å². The molecule has 2 aromatic rings. The topological polar surface area (TPSA) is 90.1 Å². The van der Waals surface area contributed by atoms with E-state index >= 15 is 0 Å². The van der Waals surface area contributed by atoms with Crippen LogP contribution < -0.4 is 5.32 Å². The van der Waals surface area contributed by atoms with E-state index in [1.807, 2.05) is 13.8 Å². The highest BCUT2D eigenvalue weighted by Crippen LogP contribution is 2.39. The fourth-order valence-electron chi connectivity index (χ4n) is 2.92. The van der Waals surface area contributed by atoms with Gasteiger partial charge in [0.15, 0.2) is 11.6 Å². The van der Waals surface area contributed by atoms with Gasteiger partial charge in [0.05, 0.1) is 12.1 Å². The Morgan fingerprint density at radius 3 is 2.62 bits per heavy atom. The lowest BCUT2D eigenvalue weighted by Gasteiger charge is -2.27. The van der Waals surface area contributed by atoms with Crippen molar-refractivity contribution in [3.8, 4) is 0 Å². The number of hydrogen-bond acceptors (Lipinski definition) is 4. The molecule has 1 N–H and O–H groups in total. The predicted molar refractivity (Wildman–Crippen MR) is 80.2 cm³/mol. The van der Waals surface area contributed by atoms with Crippen LogP contribution in [0.3, 0.4) is 0 Å². The third kappa shape index (κ3) is 2.41. The molecule has 0 spiro atoms. The lowest BCUT2D eigenvalue weighted by atomic mass is 9.83. The van der Waals surface area contributed by atoms with Crippen LogP contribution in [-0.4, -0.2) is 26.7 Å². The molecule has 1 aliphatic heterocycles. The average Bonchev–Trinajstić information content (AvgIpc) is 2.91. The maximum atomic E-state index is 13.6. The number of anilines is 1. The highest BCUT2D eigenvalue weighted by molar-refractivity contribution is 5.97. The molecule has 1 aromatic carbocycles. The van der Waals surface area contributed by atoms with Crippen molar-refractivity contribution in [1.29, 1.82) is 0 Å². The van der Waals surface area contributed by atoms with E-state index in [4.69, 9.17) is 0 Å². The molecule has 9 heteroatoms. The summed E-state index contributed by atoms with van der Waals surface area (Å²) in [6.07, 6.45) is 1.41. The van der Waals surface area contributed by atoms with Crippen molar-refractivity contribution >= 4 is 11.7 Å². The number of aromatic nitrogens is 2. The second-order valence-corrected chi connectivity index (χ2v) is 5.86. The number of carbonyl (C=O) groups excluding carboxylic acids is 1. The summed E-state index contributed by atoms with van der Waals surface area (Å²) in [6.45, 7) is 3.68. The van der Waals surface area contributed by atoms with Crippen molar-refractivity contribution < 1.29 is 18.5 Å². The van der Waals surface area contributed by atoms with Crippen LogP contribution in [0.5, 0.6) is 0 Å². The summed E-state index contributed by atoms with van der Waals surface area (Å²) in [4.78, 5) is 22.9. The van der Waals surface area contributed by atoms with Crippen molar-refractivity contribution in [2.75, 3.05) is 5.32 Å². The summed E-state index contributed by atoms with van der Waals surface area (Å²) in [6, 6.07) is 1.28. The maximum absolute atomic E-state index is 13.6. The normalized spacial score (nSPS) is 20.0. The number of fused-ring (bicyclic) bond motifs is 1. The average molecular weight is 336 g/mol. The van der Waals surface area contributed by atoms with Crippen molar-refractivity contribution in [3.63, 3.8) is 0 Å². The van der Waals surface area contributed by atoms with Gasteiger partial charge in [-0.05, 0) is 31.5 Å². The fraction of sp³-hybridized carbons (Fsp3) is 0.333. The first kappa shape index (κ1) is 16.0. The highest BCUT2D eigenvalue weighted by Gasteiger charge is 2.47. The Morgan fingerprint density at radius 1 is 1.33 bits per heavy atom. The van der Waals surface area contributed by atoms with Crippen molar-refractivity contribution in [2.45, 2.75) is 31.8 Å². The zero-order chi connectivity index (χ0) is 17.6. The van der Waals surface area contributed by atoms with Gasteiger partial charge in [-0.1, -0.05) is 6.07 Å². The molecule has 126 valence electrons. The Hall–Kier alpha value is -2.84. The van der Waals surface area contributed by atoms with Crippen LogP contribution in [0.1, 0.15) is 36.9 Å². The maximum Gasteiger partial charge on any atom is 0.301 e. The second kappa shape index (κ2) is 5.66. The van der Waals surface area contributed by atoms with Gasteiger partial charge in [0.25, 0.3) is 0 Å². The molecular formula is C15H14F2N4O3.